The van der Waals surface area contributed by atoms with E-state index in [1.165, 1.54) is 6.08 Å². The number of nitriles is 1. The number of anilines is 1. The molecule has 1 atom stereocenters. The van der Waals surface area contributed by atoms with Crippen LogP contribution in [-0.4, -0.2) is 58.5 Å². The van der Waals surface area contributed by atoms with Gasteiger partial charge in [-0.3, -0.25) is 4.79 Å². The molecule has 1 N–H and O–H groups in total. The Hall–Kier alpha value is -2.86. The Morgan fingerprint density at radius 2 is 2.00 bits per heavy atom. The van der Waals surface area contributed by atoms with E-state index in [0.717, 1.165) is 5.69 Å². The molecular weight excluding hydrogens is 370 g/mol. The third-order valence-corrected chi connectivity index (χ3v) is 5.76. The Bertz CT molecular complexity index is 883. The molecule has 1 saturated heterocycles. The van der Waals surface area contributed by atoms with Crippen molar-refractivity contribution in [3.63, 3.8) is 0 Å². The van der Waals surface area contributed by atoms with Crippen molar-refractivity contribution in [3.8, 4) is 6.07 Å². The van der Waals surface area contributed by atoms with Gasteiger partial charge in [-0.05, 0) is 30.2 Å². The van der Waals surface area contributed by atoms with E-state index in [2.05, 4.69) is 5.32 Å². The number of nitrogens with one attached hydrogen (secondary N) is 1. The topological polar surface area (TPSA) is 117 Å². The molecule has 0 bridgehead atoms. The number of amides is 1. The van der Waals surface area contributed by atoms with Crippen molar-refractivity contribution in [2.75, 3.05) is 37.1 Å². The average Bonchev–Trinajstić information content (AvgIpc) is 2.96. The molecule has 0 spiro atoms. The number of sulfone groups is 1. The van der Waals surface area contributed by atoms with Gasteiger partial charge in [0.25, 0.3) is 5.91 Å². The first kappa shape index (κ1) is 20.5. The number of carbonyl (C=O) groups excluding carboxylic acids is 2. The van der Waals surface area contributed by atoms with Crippen LogP contribution in [0.25, 0.3) is 6.08 Å². The van der Waals surface area contributed by atoms with Gasteiger partial charge >= 0.3 is 5.97 Å². The molecule has 1 aliphatic rings. The minimum absolute atomic E-state index is 0.0334. The fourth-order valence-electron chi connectivity index (χ4n) is 2.56. The molecule has 1 unspecified atom stereocenters. The van der Waals surface area contributed by atoms with Crippen LogP contribution >= 0.6 is 0 Å². The highest BCUT2D eigenvalue weighted by atomic mass is 32.2. The van der Waals surface area contributed by atoms with Crippen molar-refractivity contribution in [1.29, 1.82) is 5.26 Å². The normalized spacial score (nSPS) is 18.4. The average molecular weight is 391 g/mol. The number of hydrogen-bond donors (Lipinski definition) is 1. The maximum atomic E-state index is 12.0. The number of ether oxygens (including phenoxy) is 1. The molecule has 0 aromatic heterocycles. The first-order chi connectivity index (χ1) is 12.7. The van der Waals surface area contributed by atoms with E-state index in [-0.39, 0.29) is 17.1 Å². The number of nitrogens with zero attached hydrogens (tertiary/aromatic N) is 2. The molecule has 144 valence electrons. The number of esters is 1. The van der Waals surface area contributed by atoms with Crippen molar-refractivity contribution in [2.45, 2.75) is 12.5 Å². The van der Waals surface area contributed by atoms with Crippen molar-refractivity contribution in [1.82, 2.24) is 5.32 Å². The SMILES string of the molecule is CN(C)c1ccc(/C=C(/C#N)C(=O)OCC(=O)NC2CCS(=O)(=O)C2)cc1. The predicted molar refractivity (Wildman–Crippen MR) is 101 cm³/mol. The fourth-order valence-corrected chi connectivity index (χ4v) is 4.23. The van der Waals surface area contributed by atoms with Crippen LogP contribution in [0.15, 0.2) is 29.8 Å². The van der Waals surface area contributed by atoms with Gasteiger partial charge in [-0.1, -0.05) is 12.1 Å². The van der Waals surface area contributed by atoms with Gasteiger partial charge in [-0.15, -0.1) is 0 Å². The highest BCUT2D eigenvalue weighted by molar-refractivity contribution is 7.91. The molecule has 0 radical (unpaired) electrons. The van der Waals surface area contributed by atoms with Gasteiger partial charge in [0.05, 0.1) is 11.5 Å². The van der Waals surface area contributed by atoms with Crippen LogP contribution < -0.4 is 10.2 Å². The summed E-state index contributed by atoms with van der Waals surface area (Å²) in [5.41, 5.74) is 1.39. The zero-order valence-corrected chi connectivity index (χ0v) is 16.0. The van der Waals surface area contributed by atoms with E-state index < -0.39 is 34.4 Å². The molecule has 1 aromatic carbocycles. The lowest BCUT2D eigenvalue weighted by atomic mass is 10.1. The first-order valence-corrected chi connectivity index (χ1v) is 10.1. The molecule has 27 heavy (non-hydrogen) atoms. The van der Waals surface area contributed by atoms with Gasteiger partial charge in [0.15, 0.2) is 16.4 Å². The van der Waals surface area contributed by atoms with Crippen molar-refractivity contribution >= 4 is 33.5 Å². The molecular formula is C18H21N3O5S. The van der Waals surface area contributed by atoms with Gasteiger partial charge in [0, 0.05) is 25.8 Å². The maximum Gasteiger partial charge on any atom is 0.349 e. The van der Waals surface area contributed by atoms with E-state index in [4.69, 9.17) is 10.00 Å². The van der Waals surface area contributed by atoms with Gasteiger partial charge in [0.1, 0.15) is 11.6 Å². The summed E-state index contributed by atoms with van der Waals surface area (Å²) in [7, 11) is 0.685. The van der Waals surface area contributed by atoms with Crippen LogP contribution in [0.3, 0.4) is 0 Å². The Kier molecular flexibility index (Phi) is 6.58. The third kappa shape index (κ3) is 6.11. The Balaban J connectivity index is 1.91. The zero-order valence-electron chi connectivity index (χ0n) is 15.1. The van der Waals surface area contributed by atoms with Crippen molar-refractivity contribution < 1.29 is 22.7 Å². The first-order valence-electron chi connectivity index (χ1n) is 8.26. The van der Waals surface area contributed by atoms with Crippen LogP contribution in [0, 0.1) is 11.3 Å². The fraction of sp³-hybridized carbons (Fsp3) is 0.389. The van der Waals surface area contributed by atoms with Crippen LogP contribution in [-0.2, 0) is 24.2 Å². The molecule has 1 amide bonds. The summed E-state index contributed by atoms with van der Waals surface area (Å²) in [5.74, 6) is -1.59. The number of carbonyl (C=O) groups is 2. The zero-order chi connectivity index (χ0) is 20.0. The molecule has 9 heteroatoms. The molecule has 1 heterocycles. The highest BCUT2D eigenvalue weighted by Gasteiger charge is 2.29. The summed E-state index contributed by atoms with van der Waals surface area (Å²) >= 11 is 0. The predicted octanol–water partition coefficient (Wildman–Crippen LogP) is 0.506. The minimum Gasteiger partial charge on any atom is -0.451 e. The minimum atomic E-state index is -3.11. The standard InChI is InChI=1S/C18H21N3O5S/c1-21(2)16-5-3-13(4-6-16)9-14(10-19)18(23)26-11-17(22)20-15-7-8-27(24,25)12-15/h3-6,9,15H,7-8,11-12H2,1-2H3,(H,20,22)/b14-9-. The second-order valence-electron chi connectivity index (χ2n) is 6.40. The van der Waals surface area contributed by atoms with Crippen LogP contribution in [0.1, 0.15) is 12.0 Å². The second kappa shape index (κ2) is 8.68. The Labute approximate surface area is 158 Å². The number of rotatable bonds is 6. The molecule has 2 rings (SSSR count). The quantitative estimate of drug-likeness (QED) is 0.426. The lowest BCUT2D eigenvalue weighted by molar-refractivity contribution is -0.144. The lowest BCUT2D eigenvalue weighted by Crippen LogP contribution is -2.38. The van der Waals surface area contributed by atoms with E-state index in [9.17, 15) is 18.0 Å². The van der Waals surface area contributed by atoms with Crippen LogP contribution in [0.2, 0.25) is 0 Å². The molecule has 0 aliphatic carbocycles. The van der Waals surface area contributed by atoms with Crippen molar-refractivity contribution in [2.24, 2.45) is 0 Å². The molecule has 1 aromatic rings. The van der Waals surface area contributed by atoms with Gasteiger partial charge in [-0.2, -0.15) is 5.26 Å². The van der Waals surface area contributed by atoms with E-state index in [1.807, 2.05) is 31.1 Å². The maximum absolute atomic E-state index is 12.0. The molecule has 0 saturated carbocycles. The number of benzene rings is 1. The summed E-state index contributed by atoms with van der Waals surface area (Å²) in [4.78, 5) is 25.7. The monoisotopic (exact) mass is 391 g/mol. The summed E-state index contributed by atoms with van der Waals surface area (Å²) in [6, 6.07) is 8.49. The summed E-state index contributed by atoms with van der Waals surface area (Å²) in [5, 5.41) is 11.7. The van der Waals surface area contributed by atoms with E-state index in [1.54, 1.807) is 18.2 Å². The molecule has 1 aliphatic heterocycles. The lowest BCUT2D eigenvalue weighted by Gasteiger charge is -2.12. The van der Waals surface area contributed by atoms with Crippen molar-refractivity contribution in [3.05, 3.63) is 35.4 Å². The van der Waals surface area contributed by atoms with Crippen LogP contribution in [0.4, 0.5) is 5.69 Å². The summed E-state index contributed by atoms with van der Waals surface area (Å²) in [6.45, 7) is -0.575. The Morgan fingerprint density at radius 3 is 2.52 bits per heavy atom. The molecule has 1 fully saturated rings. The third-order valence-electron chi connectivity index (χ3n) is 3.99. The highest BCUT2D eigenvalue weighted by Crippen LogP contribution is 2.15. The number of hydrogen-bond acceptors (Lipinski definition) is 7. The van der Waals surface area contributed by atoms with Gasteiger partial charge < -0.3 is 15.0 Å². The summed E-state index contributed by atoms with van der Waals surface area (Å²) in [6.07, 6.45) is 1.72. The largest absolute Gasteiger partial charge is 0.451 e. The molecule has 8 nitrogen and oxygen atoms in total. The van der Waals surface area contributed by atoms with E-state index in [0.29, 0.717) is 12.0 Å². The van der Waals surface area contributed by atoms with Gasteiger partial charge in [-0.25, -0.2) is 13.2 Å². The van der Waals surface area contributed by atoms with Gasteiger partial charge in [0.2, 0.25) is 0 Å². The second-order valence-corrected chi connectivity index (χ2v) is 8.63. The van der Waals surface area contributed by atoms with Crippen LogP contribution in [0.5, 0.6) is 0 Å². The van der Waals surface area contributed by atoms with E-state index >= 15 is 0 Å². The smallest absolute Gasteiger partial charge is 0.349 e. The Morgan fingerprint density at radius 1 is 1.33 bits per heavy atom. The summed E-state index contributed by atoms with van der Waals surface area (Å²) < 4.78 is 27.6.